The second-order valence-corrected chi connectivity index (χ2v) is 6.13. The molecule has 0 aromatic heterocycles. The highest BCUT2D eigenvalue weighted by atomic mass is 16.2. The van der Waals surface area contributed by atoms with Crippen molar-refractivity contribution in [2.75, 3.05) is 39.3 Å². The molecular formula is C14H27N3O. The Kier molecular flexibility index (Phi) is 3.97. The van der Waals surface area contributed by atoms with Crippen molar-refractivity contribution in [1.82, 2.24) is 15.1 Å². The fourth-order valence-corrected chi connectivity index (χ4v) is 3.61. The molecule has 2 unspecified atom stereocenters. The second-order valence-electron chi connectivity index (χ2n) is 6.13. The Hall–Kier alpha value is -0.610. The monoisotopic (exact) mass is 253 g/mol. The van der Waals surface area contributed by atoms with Gasteiger partial charge in [0.1, 0.15) is 0 Å². The summed E-state index contributed by atoms with van der Waals surface area (Å²) in [5.41, 5.74) is 0.150. The maximum absolute atomic E-state index is 12.2. The molecule has 0 bridgehead atoms. The van der Waals surface area contributed by atoms with Crippen LogP contribution in [0.1, 0.15) is 27.7 Å². The molecule has 0 saturated carbocycles. The van der Waals surface area contributed by atoms with E-state index < -0.39 is 0 Å². The van der Waals surface area contributed by atoms with Crippen LogP contribution in [-0.4, -0.2) is 60.5 Å². The van der Waals surface area contributed by atoms with Crippen molar-refractivity contribution in [2.24, 2.45) is 11.8 Å². The molecule has 2 atom stereocenters. The molecule has 1 amide bonds. The summed E-state index contributed by atoms with van der Waals surface area (Å²) in [5, 5.41) is 3.48. The average molecular weight is 253 g/mol. The lowest BCUT2D eigenvalue weighted by Crippen LogP contribution is -2.49. The van der Waals surface area contributed by atoms with E-state index >= 15 is 0 Å². The van der Waals surface area contributed by atoms with Crippen LogP contribution in [0.25, 0.3) is 0 Å². The highest BCUT2D eigenvalue weighted by molar-refractivity contribution is 5.78. The van der Waals surface area contributed by atoms with Crippen LogP contribution in [0.2, 0.25) is 0 Å². The largest absolute Gasteiger partial charge is 0.342 e. The normalized spacial score (nSPS) is 30.4. The van der Waals surface area contributed by atoms with Crippen LogP contribution in [0.15, 0.2) is 0 Å². The Bertz CT molecular complexity index is 312. The molecule has 104 valence electrons. The Morgan fingerprint density at radius 1 is 1.33 bits per heavy atom. The topological polar surface area (TPSA) is 35.6 Å². The van der Waals surface area contributed by atoms with Crippen molar-refractivity contribution in [3.05, 3.63) is 0 Å². The van der Waals surface area contributed by atoms with Crippen molar-refractivity contribution in [3.63, 3.8) is 0 Å². The van der Waals surface area contributed by atoms with E-state index in [-0.39, 0.29) is 11.4 Å². The summed E-state index contributed by atoms with van der Waals surface area (Å²) < 4.78 is 0. The first-order chi connectivity index (χ1) is 8.50. The molecule has 2 aliphatic rings. The first-order valence-corrected chi connectivity index (χ1v) is 7.24. The summed E-state index contributed by atoms with van der Waals surface area (Å²) in [4.78, 5) is 16.6. The maximum atomic E-state index is 12.2. The number of likely N-dealkylation sites (N-methyl/N-ethyl adjacent to an activating group) is 1. The number of nitrogens with zero attached hydrogens (tertiary/aromatic N) is 2. The Morgan fingerprint density at radius 3 is 2.56 bits per heavy atom. The van der Waals surface area contributed by atoms with Gasteiger partial charge in [0.05, 0.1) is 6.54 Å². The van der Waals surface area contributed by atoms with Crippen LogP contribution in [0.5, 0.6) is 0 Å². The fraction of sp³-hybridized carbons (Fsp3) is 0.929. The molecule has 4 nitrogen and oxygen atoms in total. The van der Waals surface area contributed by atoms with E-state index in [1.54, 1.807) is 0 Å². The zero-order valence-corrected chi connectivity index (χ0v) is 12.2. The Morgan fingerprint density at radius 2 is 2.00 bits per heavy atom. The molecule has 2 fully saturated rings. The summed E-state index contributed by atoms with van der Waals surface area (Å²) in [6.07, 6.45) is 0. The Labute approximate surface area is 111 Å². The number of carbonyl (C=O) groups excluding carboxylic acids is 1. The number of fused-ring (bicyclic) bond motifs is 1. The first kappa shape index (κ1) is 13.8. The van der Waals surface area contributed by atoms with Gasteiger partial charge in [-0.3, -0.25) is 9.69 Å². The summed E-state index contributed by atoms with van der Waals surface area (Å²) in [6, 6.07) is 0. The highest BCUT2D eigenvalue weighted by Gasteiger charge is 2.49. The second kappa shape index (κ2) is 5.17. The van der Waals surface area contributed by atoms with Gasteiger partial charge in [-0.25, -0.2) is 0 Å². The quantitative estimate of drug-likeness (QED) is 0.804. The van der Waals surface area contributed by atoms with Gasteiger partial charge in [0, 0.05) is 31.7 Å². The minimum Gasteiger partial charge on any atom is -0.342 e. The van der Waals surface area contributed by atoms with Gasteiger partial charge in [0.25, 0.3) is 0 Å². The number of rotatable bonds is 4. The smallest absolute Gasteiger partial charge is 0.236 e. The van der Waals surface area contributed by atoms with Crippen molar-refractivity contribution in [2.45, 2.75) is 33.2 Å². The molecule has 2 aliphatic heterocycles. The zero-order chi connectivity index (χ0) is 13.3. The molecule has 2 saturated heterocycles. The number of likely N-dealkylation sites (tertiary alicyclic amines) is 1. The van der Waals surface area contributed by atoms with Gasteiger partial charge < -0.3 is 10.2 Å². The maximum Gasteiger partial charge on any atom is 0.236 e. The molecule has 18 heavy (non-hydrogen) atoms. The number of hydrogen-bond donors (Lipinski definition) is 1. The molecule has 0 aromatic carbocycles. The van der Waals surface area contributed by atoms with Crippen molar-refractivity contribution >= 4 is 5.91 Å². The summed E-state index contributed by atoms with van der Waals surface area (Å²) in [6.45, 7) is 14.2. The van der Waals surface area contributed by atoms with Gasteiger partial charge >= 0.3 is 0 Å². The van der Waals surface area contributed by atoms with Gasteiger partial charge in [0.15, 0.2) is 0 Å². The van der Waals surface area contributed by atoms with Crippen LogP contribution >= 0.6 is 0 Å². The van der Waals surface area contributed by atoms with Crippen molar-refractivity contribution in [3.8, 4) is 0 Å². The fourth-order valence-electron chi connectivity index (χ4n) is 3.61. The molecule has 4 heteroatoms. The van der Waals surface area contributed by atoms with E-state index in [0.29, 0.717) is 12.5 Å². The minimum absolute atomic E-state index is 0.150. The minimum atomic E-state index is 0.150. The van der Waals surface area contributed by atoms with Gasteiger partial charge in [-0.2, -0.15) is 0 Å². The van der Waals surface area contributed by atoms with Crippen molar-refractivity contribution in [1.29, 1.82) is 0 Å². The summed E-state index contributed by atoms with van der Waals surface area (Å²) in [7, 11) is 0. The molecule has 2 rings (SSSR count). The van der Waals surface area contributed by atoms with Gasteiger partial charge in [-0.1, -0.05) is 0 Å². The van der Waals surface area contributed by atoms with Crippen LogP contribution in [0, 0.1) is 11.8 Å². The van der Waals surface area contributed by atoms with Gasteiger partial charge in [-0.15, -0.1) is 0 Å². The first-order valence-electron chi connectivity index (χ1n) is 7.24. The van der Waals surface area contributed by atoms with E-state index in [0.717, 1.165) is 38.6 Å². The molecule has 0 aliphatic carbocycles. The number of hydrogen-bond acceptors (Lipinski definition) is 3. The summed E-state index contributed by atoms with van der Waals surface area (Å²) in [5.74, 6) is 1.70. The molecule has 1 N–H and O–H groups in total. The molecule has 0 radical (unpaired) electrons. The van der Waals surface area contributed by atoms with E-state index in [2.05, 4.69) is 37.9 Å². The molecule has 0 aromatic rings. The molecule has 2 heterocycles. The van der Waals surface area contributed by atoms with E-state index in [4.69, 9.17) is 0 Å². The predicted octanol–water partition coefficient (Wildman–Crippen LogP) is 0.785. The van der Waals surface area contributed by atoms with E-state index in [1.165, 1.54) is 0 Å². The number of carbonyl (C=O) groups is 1. The SMILES string of the molecule is CCN(CC)C(=O)CN1CC2CNCC2C1(C)C. The van der Waals surface area contributed by atoms with Crippen molar-refractivity contribution < 1.29 is 4.79 Å². The van der Waals surface area contributed by atoms with Crippen LogP contribution < -0.4 is 5.32 Å². The van der Waals surface area contributed by atoms with Gasteiger partial charge in [0.2, 0.25) is 5.91 Å². The van der Waals surface area contributed by atoms with Gasteiger partial charge in [-0.05, 0) is 46.1 Å². The predicted molar refractivity (Wildman–Crippen MR) is 73.4 cm³/mol. The average Bonchev–Trinajstić information content (AvgIpc) is 2.85. The Balaban J connectivity index is 2.00. The van der Waals surface area contributed by atoms with E-state index in [1.807, 2.05) is 4.90 Å². The third-order valence-electron chi connectivity index (χ3n) is 4.96. The number of nitrogens with one attached hydrogen (secondary N) is 1. The lowest BCUT2D eigenvalue weighted by Gasteiger charge is -2.36. The lowest BCUT2D eigenvalue weighted by atomic mass is 9.85. The standard InChI is InChI=1S/C14H27N3O/c1-5-16(6-2)13(18)10-17-9-11-7-15-8-12(11)14(17,3)4/h11-12,15H,5-10H2,1-4H3. The van der Waals surface area contributed by atoms with Crippen LogP contribution in [0.3, 0.4) is 0 Å². The zero-order valence-electron chi connectivity index (χ0n) is 12.2. The number of amides is 1. The van der Waals surface area contributed by atoms with E-state index in [9.17, 15) is 4.79 Å². The molecular weight excluding hydrogens is 226 g/mol. The van der Waals surface area contributed by atoms with Crippen LogP contribution in [0.4, 0.5) is 0 Å². The molecule has 0 spiro atoms. The lowest BCUT2D eigenvalue weighted by molar-refractivity contribution is -0.133. The third-order valence-corrected chi connectivity index (χ3v) is 4.96. The summed E-state index contributed by atoms with van der Waals surface area (Å²) >= 11 is 0. The third kappa shape index (κ3) is 2.28. The highest BCUT2D eigenvalue weighted by Crippen LogP contribution is 2.40. The van der Waals surface area contributed by atoms with Crippen LogP contribution in [-0.2, 0) is 4.79 Å².